The second kappa shape index (κ2) is 7.74. The largest absolute Gasteiger partial charge is 0.383 e. The van der Waals surface area contributed by atoms with Crippen LogP contribution in [0.4, 0.5) is 10.2 Å². The van der Waals surface area contributed by atoms with E-state index in [1.807, 2.05) is 0 Å². The summed E-state index contributed by atoms with van der Waals surface area (Å²) in [5.41, 5.74) is 11.6. The number of amides is 2. The molecule has 1 aromatic heterocycles. The number of hydrogen-bond donors (Lipinski definition) is 2. The van der Waals surface area contributed by atoms with Gasteiger partial charge in [-0.25, -0.2) is 9.07 Å². The molecule has 0 saturated carbocycles. The number of halogens is 2. The van der Waals surface area contributed by atoms with Gasteiger partial charge < -0.3 is 16.4 Å². The average molecular weight is 402 g/mol. The molecule has 1 aliphatic heterocycles. The second-order valence-corrected chi connectivity index (χ2v) is 6.66. The summed E-state index contributed by atoms with van der Waals surface area (Å²) in [6.45, 7) is 4.35. The van der Waals surface area contributed by atoms with Gasteiger partial charge in [0.25, 0.3) is 5.91 Å². The number of nitrogen functional groups attached to an aromatic ring is 1. The highest BCUT2D eigenvalue weighted by atomic mass is 35.5. The Hall–Kier alpha value is -3.31. The zero-order valence-corrected chi connectivity index (χ0v) is 15.5. The number of rotatable bonds is 3. The monoisotopic (exact) mass is 401 g/mol. The van der Waals surface area contributed by atoms with E-state index >= 15 is 0 Å². The van der Waals surface area contributed by atoms with Gasteiger partial charge in [-0.05, 0) is 36.6 Å². The highest BCUT2D eigenvalue weighted by molar-refractivity contribution is 6.30. The van der Waals surface area contributed by atoms with E-state index in [2.05, 4.69) is 23.5 Å². The first kappa shape index (κ1) is 19.5. The average Bonchev–Trinajstić information content (AvgIpc) is 3.26. The van der Waals surface area contributed by atoms with E-state index in [4.69, 9.17) is 23.1 Å². The lowest BCUT2D eigenvalue weighted by Gasteiger charge is -2.15. The molecule has 3 rings (SSSR count). The second-order valence-electron chi connectivity index (χ2n) is 6.22. The number of nitrogens with two attached hydrogens (primary N) is 2. The van der Waals surface area contributed by atoms with Gasteiger partial charge in [0.15, 0.2) is 5.69 Å². The topological polar surface area (TPSA) is 107 Å². The van der Waals surface area contributed by atoms with Gasteiger partial charge in [0.05, 0.1) is 11.6 Å². The number of carbonyl (C=O) groups is 2. The van der Waals surface area contributed by atoms with Crippen molar-refractivity contribution in [1.82, 2.24) is 14.7 Å². The van der Waals surface area contributed by atoms with Crippen molar-refractivity contribution in [2.75, 3.05) is 18.8 Å². The smallest absolute Gasteiger partial charge is 0.255 e. The molecule has 0 spiro atoms. The Morgan fingerprint density at radius 3 is 2.82 bits per heavy atom. The van der Waals surface area contributed by atoms with E-state index < -0.39 is 11.7 Å². The minimum atomic E-state index is -0.795. The quantitative estimate of drug-likeness (QED) is 0.603. The van der Waals surface area contributed by atoms with Crippen molar-refractivity contribution in [3.8, 4) is 11.8 Å². The first-order valence-electron chi connectivity index (χ1n) is 8.38. The molecule has 2 heterocycles. The van der Waals surface area contributed by atoms with Crippen LogP contribution >= 0.6 is 11.6 Å². The normalized spacial score (nSPS) is 15.8. The van der Waals surface area contributed by atoms with Crippen LogP contribution in [0.3, 0.4) is 0 Å². The summed E-state index contributed by atoms with van der Waals surface area (Å²) in [6.07, 6.45) is 1.83. The number of likely N-dealkylation sites (tertiary alicyclic amines) is 1. The zero-order chi connectivity index (χ0) is 20.4. The Morgan fingerprint density at radius 2 is 2.14 bits per heavy atom. The summed E-state index contributed by atoms with van der Waals surface area (Å²) in [5.74, 6) is 3.77. The van der Waals surface area contributed by atoms with Crippen LogP contribution in [-0.4, -0.2) is 39.6 Å². The highest BCUT2D eigenvalue weighted by Gasteiger charge is 2.30. The van der Waals surface area contributed by atoms with Crippen LogP contribution in [0.1, 0.15) is 34.1 Å². The van der Waals surface area contributed by atoms with Gasteiger partial charge in [0.1, 0.15) is 17.2 Å². The standard InChI is InChI=1S/C19H17ClFN5O2/c1-2-16(27)25-8-7-13(10-25)26-18(22)17(19(23)28)15(24-26)6-3-11-9-12(20)4-5-14(11)21/h2,4-5,9,13H,1,7-8,10,22H2,(H2,23,28)/t13-/m0/s1. The van der Waals surface area contributed by atoms with Crippen LogP contribution < -0.4 is 11.5 Å². The fourth-order valence-corrected chi connectivity index (χ4v) is 3.22. The Bertz CT molecular complexity index is 1040. The molecule has 1 saturated heterocycles. The molecule has 1 fully saturated rings. The van der Waals surface area contributed by atoms with Gasteiger partial charge in [-0.2, -0.15) is 5.10 Å². The van der Waals surface area contributed by atoms with Crippen LogP contribution in [0.15, 0.2) is 30.9 Å². The lowest BCUT2D eigenvalue weighted by molar-refractivity contribution is -0.125. The maximum atomic E-state index is 13.9. The van der Waals surface area contributed by atoms with Gasteiger partial charge in [-0.15, -0.1) is 0 Å². The molecule has 0 aliphatic carbocycles. The maximum Gasteiger partial charge on any atom is 0.255 e. The molecule has 0 radical (unpaired) electrons. The van der Waals surface area contributed by atoms with Crippen molar-refractivity contribution in [1.29, 1.82) is 0 Å². The van der Waals surface area contributed by atoms with Crippen LogP contribution in [0, 0.1) is 17.7 Å². The van der Waals surface area contributed by atoms with E-state index in [1.165, 1.54) is 29.0 Å². The first-order valence-corrected chi connectivity index (χ1v) is 8.75. The zero-order valence-electron chi connectivity index (χ0n) is 14.8. The molecule has 7 nitrogen and oxygen atoms in total. The molecule has 144 valence electrons. The fraction of sp³-hybridized carbons (Fsp3) is 0.211. The summed E-state index contributed by atoms with van der Waals surface area (Å²) in [5, 5.41) is 4.62. The van der Waals surface area contributed by atoms with E-state index in [0.29, 0.717) is 24.5 Å². The molecule has 0 unspecified atom stereocenters. The van der Waals surface area contributed by atoms with E-state index in [-0.39, 0.29) is 34.6 Å². The van der Waals surface area contributed by atoms with Gasteiger partial charge in [0, 0.05) is 18.1 Å². The summed E-state index contributed by atoms with van der Waals surface area (Å²) < 4.78 is 15.3. The molecule has 1 aromatic carbocycles. The predicted octanol–water partition coefficient (Wildman–Crippen LogP) is 1.72. The Kier molecular flexibility index (Phi) is 5.38. The first-order chi connectivity index (χ1) is 13.3. The lowest BCUT2D eigenvalue weighted by Crippen LogP contribution is -2.27. The van der Waals surface area contributed by atoms with Gasteiger partial charge in [-0.1, -0.05) is 24.1 Å². The summed E-state index contributed by atoms with van der Waals surface area (Å²) >= 11 is 5.86. The van der Waals surface area contributed by atoms with Gasteiger partial charge in [-0.3, -0.25) is 9.59 Å². The van der Waals surface area contributed by atoms with Crippen LogP contribution in [-0.2, 0) is 4.79 Å². The number of carbonyl (C=O) groups excluding carboxylic acids is 2. The minimum Gasteiger partial charge on any atom is -0.383 e. The van der Waals surface area contributed by atoms with E-state index in [0.717, 1.165) is 0 Å². The van der Waals surface area contributed by atoms with Crippen molar-refractivity contribution in [3.63, 3.8) is 0 Å². The number of nitrogens with zero attached hydrogens (tertiary/aromatic N) is 3. The molecular formula is C19H17ClFN5O2. The minimum absolute atomic E-state index is 0.0385. The molecule has 2 aromatic rings. The molecule has 1 aliphatic rings. The molecule has 2 amide bonds. The van der Waals surface area contributed by atoms with E-state index in [9.17, 15) is 14.0 Å². The van der Waals surface area contributed by atoms with Gasteiger partial charge >= 0.3 is 0 Å². The molecule has 0 bridgehead atoms. The third-order valence-corrected chi connectivity index (χ3v) is 4.67. The van der Waals surface area contributed by atoms with Crippen LogP contribution in [0.2, 0.25) is 5.02 Å². The molecule has 9 heteroatoms. The van der Waals surface area contributed by atoms with Crippen molar-refractivity contribution in [3.05, 3.63) is 58.5 Å². The summed E-state index contributed by atoms with van der Waals surface area (Å²) in [4.78, 5) is 25.3. The molecule has 4 N–H and O–H groups in total. The van der Waals surface area contributed by atoms with Gasteiger partial charge in [0.2, 0.25) is 5.91 Å². The lowest BCUT2D eigenvalue weighted by atomic mass is 10.1. The third-order valence-electron chi connectivity index (χ3n) is 4.43. The SMILES string of the molecule is C=CC(=O)N1CC[C@H](n2nc(C#Cc3cc(Cl)ccc3F)c(C(N)=O)c2N)C1. The number of hydrogen-bond acceptors (Lipinski definition) is 4. The Balaban J connectivity index is 1.98. The summed E-state index contributed by atoms with van der Waals surface area (Å²) in [7, 11) is 0. The Labute approximate surface area is 165 Å². The number of aromatic nitrogens is 2. The van der Waals surface area contributed by atoms with Crippen molar-refractivity contribution in [2.24, 2.45) is 5.73 Å². The molecular weight excluding hydrogens is 385 g/mol. The van der Waals surface area contributed by atoms with Crippen molar-refractivity contribution >= 4 is 29.2 Å². The van der Waals surface area contributed by atoms with Crippen LogP contribution in [0.25, 0.3) is 0 Å². The maximum absolute atomic E-state index is 13.9. The number of anilines is 1. The van der Waals surface area contributed by atoms with E-state index in [1.54, 1.807) is 4.90 Å². The Morgan fingerprint density at radius 1 is 1.39 bits per heavy atom. The van der Waals surface area contributed by atoms with Crippen molar-refractivity contribution < 1.29 is 14.0 Å². The molecule has 1 atom stereocenters. The number of benzene rings is 1. The van der Waals surface area contributed by atoms with Crippen LogP contribution in [0.5, 0.6) is 0 Å². The molecule has 28 heavy (non-hydrogen) atoms. The predicted molar refractivity (Wildman–Crippen MR) is 103 cm³/mol. The van der Waals surface area contributed by atoms with Crippen molar-refractivity contribution in [2.45, 2.75) is 12.5 Å². The fourth-order valence-electron chi connectivity index (χ4n) is 3.05. The summed E-state index contributed by atoms with van der Waals surface area (Å²) in [6, 6.07) is 3.72. The highest BCUT2D eigenvalue weighted by Crippen LogP contribution is 2.27. The third kappa shape index (κ3) is 3.70. The number of primary amides is 1.